The van der Waals surface area contributed by atoms with Crippen LogP contribution in [0.25, 0.3) is 0 Å². The minimum Gasteiger partial charge on any atom is -0.258 e. The Labute approximate surface area is 94.1 Å². The summed E-state index contributed by atoms with van der Waals surface area (Å²) in [5, 5.41) is 10.7. The van der Waals surface area contributed by atoms with Crippen LogP contribution in [0, 0.1) is 24.0 Å². The van der Waals surface area contributed by atoms with E-state index in [9.17, 15) is 14.9 Å². The molecule has 0 heterocycles. The van der Waals surface area contributed by atoms with Gasteiger partial charge in [0.05, 0.1) is 9.40 Å². The molecule has 6 heteroatoms. The Morgan fingerprint density at radius 2 is 2.13 bits per heavy atom. The highest BCUT2D eigenvalue weighted by Gasteiger charge is 2.19. The second-order valence-electron chi connectivity index (χ2n) is 2.96. The van der Waals surface area contributed by atoms with Crippen LogP contribution in [0.15, 0.2) is 15.5 Å². The van der Waals surface area contributed by atoms with Crippen LogP contribution in [0.3, 0.4) is 0 Å². The quantitative estimate of drug-likeness (QED) is 0.359. The molecular weight excluding hydrogens is 264 g/mol. The zero-order valence-corrected chi connectivity index (χ0v) is 9.66. The number of rotatable bonds is 2. The number of nitrogens with zero attached hydrogens (tertiary/aromatic N) is 2. The van der Waals surface area contributed by atoms with Gasteiger partial charge in [0.1, 0.15) is 0 Å². The third kappa shape index (κ3) is 2.11. The fraction of sp³-hybridized carbons (Fsp3) is 0.222. The van der Waals surface area contributed by atoms with E-state index in [-0.39, 0.29) is 11.4 Å². The monoisotopic (exact) mass is 270 g/mol. The van der Waals surface area contributed by atoms with E-state index < -0.39 is 4.92 Å². The van der Waals surface area contributed by atoms with Gasteiger partial charge in [0.25, 0.3) is 5.69 Å². The van der Waals surface area contributed by atoms with E-state index >= 15 is 0 Å². The Bertz CT molecular complexity index is 479. The first-order valence-electron chi connectivity index (χ1n) is 4.01. The van der Waals surface area contributed by atoms with Gasteiger partial charge in [0, 0.05) is 6.07 Å². The number of isocyanates is 1. The topological polar surface area (TPSA) is 72.6 Å². The maximum Gasteiger partial charge on any atom is 0.297 e. The molecule has 5 nitrogen and oxygen atoms in total. The molecule has 0 bridgehead atoms. The van der Waals surface area contributed by atoms with Gasteiger partial charge in [0.15, 0.2) is 5.69 Å². The molecule has 0 saturated heterocycles. The van der Waals surface area contributed by atoms with Crippen LogP contribution in [0.5, 0.6) is 0 Å². The van der Waals surface area contributed by atoms with Crippen molar-refractivity contribution in [3.63, 3.8) is 0 Å². The number of hydrogen-bond acceptors (Lipinski definition) is 4. The summed E-state index contributed by atoms with van der Waals surface area (Å²) in [6.45, 7) is 3.54. The van der Waals surface area contributed by atoms with Crippen molar-refractivity contribution in [2.24, 2.45) is 4.99 Å². The van der Waals surface area contributed by atoms with Crippen molar-refractivity contribution in [1.82, 2.24) is 0 Å². The van der Waals surface area contributed by atoms with Gasteiger partial charge in [-0.25, -0.2) is 4.79 Å². The molecule has 78 valence electrons. The number of benzene rings is 1. The van der Waals surface area contributed by atoms with Gasteiger partial charge in [-0.2, -0.15) is 4.99 Å². The molecule has 0 aliphatic carbocycles. The summed E-state index contributed by atoms with van der Waals surface area (Å²) < 4.78 is 0.456. The highest BCUT2D eigenvalue weighted by Crippen LogP contribution is 2.38. The summed E-state index contributed by atoms with van der Waals surface area (Å²) >= 11 is 3.17. The minimum absolute atomic E-state index is 0.0121. The minimum atomic E-state index is -0.576. The Morgan fingerprint density at radius 3 is 2.60 bits per heavy atom. The van der Waals surface area contributed by atoms with Crippen molar-refractivity contribution in [1.29, 1.82) is 0 Å². The van der Waals surface area contributed by atoms with Crippen LogP contribution < -0.4 is 0 Å². The molecule has 0 saturated carbocycles. The highest BCUT2D eigenvalue weighted by atomic mass is 79.9. The van der Waals surface area contributed by atoms with E-state index in [0.717, 1.165) is 11.1 Å². The van der Waals surface area contributed by atoms with Crippen molar-refractivity contribution in [2.75, 3.05) is 0 Å². The number of nitro groups is 1. The van der Waals surface area contributed by atoms with E-state index in [1.165, 1.54) is 12.1 Å². The predicted molar refractivity (Wildman–Crippen MR) is 58.1 cm³/mol. The van der Waals surface area contributed by atoms with E-state index in [4.69, 9.17) is 0 Å². The third-order valence-corrected chi connectivity index (χ3v) is 3.05. The molecule has 0 fully saturated rings. The molecule has 0 aromatic heterocycles. The Hall–Kier alpha value is -1.52. The van der Waals surface area contributed by atoms with Crippen molar-refractivity contribution >= 4 is 33.4 Å². The van der Waals surface area contributed by atoms with Crippen LogP contribution in [0.1, 0.15) is 11.1 Å². The number of hydrogen-bond donors (Lipinski definition) is 0. The molecule has 0 unspecified atom stereocenters. The molecule has 1 rings (SSSR count). The maximum atomic E-state index is 10.7. The van der Waals surface area contributed by atoms with Crippen molar-refractivity contribution in [3.05, 3.63) is 31.8 Å². The van der Waals surface area contributed by atoms with Gasteiger partial charge >= 0.3 is 0 Å². The van der Waals surface area contributed by atoms with Crippen molar-refractivity contribution in [2.45, 2.75) is 13.8 Å². The van der Waals surface area contributed by atoms with Crippen LogP contribution in [-0.2, 0) is 4.79 Å². The lowest BCUT2D eigenvalue weighted by Crippen LogP contribution is -1.93. The van der Waals surface area contributed by atoms with Crippen molar-refractivity contribution in [3.8, 4) is 0 Å². The molecule has 0 aliphatic heterocycles. The van der Waals surface area contributed by atoms with Gasteiger partial charge in [0.2, 0.25) is 6.08 Å². The van der Waals surface area contributed by atoms with Gasteiger partial charge in [-0.05, 0) is 40.9 Å². The Morgan fingerprint density at radius 1 is 1.53 bits per heavy atom. The SMILES string of the molecule is Cc1cc([N+](=O)[O-])c(N=C=O)c(Br)c1C. The van der Waals surface area contributed by atoms with Crippen LogP contribution in [0.4, 0.5) is 11.4 Å². The normalized spacial score (nSPS) is 9.53. The summed E-state index contributed by atoms with van der Waals surface area (Å²) in [6, 6.07) is 1.39. The fourth-order valence-electron chi connectivity index (χ4n) is 1.14. The first-order valence-corrected chi connectivity index (χ1v) is 4.80. The molecule has 0 radical (unpaired) electrons. The Balaban J connectivity index is 3.64. The molecule has 0 amide bonds. The third-order valence-electron chi connectivity index (χ3n) is 2.08. The largest absolute Gasteiger partial charge is 0.297 e. The molecule has 1 aromatic carbocycles. The number of carbonyl (C=O) groups excluding carboxylic acids is 1. The van der Waals surface area contributed by atoms with Gasteiger partial charge < -0.3 is 0 Å². The number of nitro benzene ring substituents is 1. The Kier molecular flexibility index (Phi) is 3.34. The number of aliphatic imine (C=N–C) groups is 1. The second-order valence-corrected chi connectivity index (χ2v) is 3.75. The van der Waals surface area contributed by atoms with Crippen LogP contribution in [0.2, 0.25) is 0 Å². The molecule has 15 heavy (non-hydrogen) atoms. The lowest BCUT2D eigenvalue weighted by molar-refractivity contribution is -0.384. The zero-order valence-electron chi connectivity index (χ0n) is 8.07. The second kappa shape index (κ2) is 4.33. The van der Waals surface area contributed by atoms with E-state index in [2.05, 4.69) is 20.9 Å². The first-order chi connectivity index (χ1) is 6.99. The van der Waals surface area contributed by atoms with Gasteiger partial charge in [-0.15, -0.1) is 0 Å². The lowest BCUT2D eigenvalue weighted by Gasteiger charge is -2.05. The van der Waals surface area contributed by atoms with E-state index in [1.54, 1.807) is 13.8 Å². The average molecular weight is 271 g/mol. The van der Waals surface area contributed by atoms with Crippen LogP contribution >= 0.6 is 15.9 Å². The summed E-state index contributed by atoms with van der Waals surface area (Å²) in [5.41, 5.74) is 1.39. The molecule has 0 atom stereocenters. The molecule has 0 spiro atoms. The lowest BCUT2D eigenvalue weighted by atomic mass is 10.1. The first kappa shape index (κ1) is 11.6. The molecule has 0 aliphatic rings. The van der Waals surface area contributed by atoms with Gasteiger partial charge in [-0.3, -0.25) is 10.1 Å². The zero-order chi connectivity index (χ0) is 11.6. The summed E-state index contributed by atoms with van der Waals surface area (Å²) in [7, 11) is 0. The fourth-order valence-corrected chi connectivity index (χ4v) is 1.74. The van der Waals surface area contributed by atoms with Crippen molar-refractivity contribution < 1.29 is 9.72 Å². The summed E-state index contributed by atoms with van der Waals surface area (Å²) in [5.74, 6) is 0. The molecule has 0 N–H and O–H groups in total. The maximum absolute atomic E-state index is 10.7. The molecule has 1 aromatic rings. The van der Waals surface area contributed by atoms with E-state index in [1.807, 2.05) is 0 Å². The average Bonchev–Trinajstić information content (AvgIpc) is 2.18. The molecular formula is C9H7BrN2O3. The standard InChI is InChI=1S/C9H7BrN2O3/c1-5-3-7(12(14)15)9(11-4-13)8(10)6(5)2/h3H,1-2H3. The smallest absolute Gasteiger partial charge is 0.258 e. The van der Waals surface area contributed by atoms with Crippen LogP contribution in [-0.4, -0.2) is 11.0 Å². The summed E-state index contributed by atoms with van der Waals surface area (Å²) in [6.07, 6.45) is 1.31. The van der Waals surface area contributed by atoms with Gasteiger partial charge in [-0.1, -0.05) is 0 Å². The number of aryl methyl sites for hydroxylation is 1. The highest BCUT2D eigenvalue weighted by molar-refractivity contribution is 9.10. The van der Waals surface area contributed by atoms with E-state index in [0.29, 0.717) is 4.47 Å². The summed E-state index contributed by atoms with van der Waals surface area (Å²) in [4.78, 5) is 23.6. The predicted octanol–water partition coefficient (Wildman–Crippen LogP) is 2.94. The number of halogens is 1.